The number of hydrogen-bond acceptors (Lipinski definition) is 1. The van der Waals surface area contributed by atoms with Gasteiger partial charge in [-0.1, -0.05) is 71.6 Å². The van der Waals surface area contributed by atoms with E-state index in [1.165, 1.54) is 57.8 Å². The zero-order chi connectivity index (χ0) is 14.8. The van der Waals surface area contributed by atoms with Crippen molar-refractivity contribution in [3.05, 3.63) is 0 Å². The first-order valence-electron chi connectivity index (χ1n) is 8.89. The molecule has 2 nitrogen and oxygen atoms in total. The van der Waals surface area contributed by atoms with E-state index in [4.69, 9.17) is 0 Å². The highest BCUT2D eigenvalue weighted by Crippen LogP contribution is 2.49. The largest absolute Gasteiger partial charge is 0.481 e. The molecule has 0 bridgehead atoms. The Morgan fingerprint density at radius 3 is 2.05 bits per heavy atom. The van der Waals surface area contributed by atoms with Crippen LogP contribution >= 0.6 is 0 Å². The molecule has 1 saturated carbocycles. The summed E-state index contributed by atoms with van der Waals surface area (Å²) in [6.07, 6.45) is 16.0. The molecule has 0 aromatic carbocycles. The van der Waals surface area contributed by atoms with Gasteiger partial charge in [-0.3, -0.25) is 4.79 Å². The van der Waals surface area contributed by atoms with Crippen LogP contribution in [-0.4, -0.2) is 11.1 Å². The molecule has 20 heavy (non-hydrogen) atoms. The number of aliphatic carboxylic acids is 1. The summed E-state index contributed by atoms with van der Waals surface area (Å²) in [4.78, 5) is 11.5. The minimum absolute atomic E-state index is 0.106. The molecule has 1 fully saturated rings. The van der Waals surface area contributed by atoms with Crippen LogP contribution in [0.5, 0.6) is 0 Å². The molecule has 0 amide bonds. The minimum atomic E-state index is -0.558. The molecule has 1 unspecified atom stereocenters. The smallest absolute Gasteiger partial charge is 0.307 e. The summed E-state index contributed by atoms with van der Waals surface area (Å²) in [7, 11) is 0. The number of carbonyl (C=O) groups is 1. The van der Waals surface area contributed by atoms with Crippen molar-refractivity contribution < 1.29 is 9.90 Å². The lowest BCUT2D eigenvalue weighted by atomic mass is 9.69. The van der Waals surface area contributed by atoms with Crippen LogP contribution in [0.1, 0.15) is 97.3 Å². The average Bonchev–Trinajstić information content (AvgIpc) is 2.87. The molecule has 0 saturated heterocycles. The molecular formula is C18H34O2. The first kappa shape index (κ1) is 17.5. The van der Waals surface area contributed by atoms with Gasteiger partial charge in [-0.2, -0.15) is 0 Å². The second-order valence-electron chi connectivity index (χ2n) is 6.74. The van der Waals surface area contributed by atoms with Crippen molar-refractivity contribution >= 4 is 5.97 Å². The van der Waals surface area contributed by atoms with Crippen molar-refractivity contribution in [3.8, 4) is 0 Å². The first-order chi connectivity index (χ1) is 9.66. The van der Waals surface area contributed by atoms with Gasteiger partial charge in [0.1, 0.15) is 0 Å². The van der Waals surface area contributed by atoms with Gasteiger partial charge in [-0.05, 0) is 31.1 Å². The molecule has 2 heteroatoms. The van der Waals surface area contributed by atoms with Crippen LogP contribution in [0.2, 0.25) is 0 Å². The van der Waals surface area contributed by atoms with Crippen molar-refractivity contribution in [2.24, 2.45) is 11.3 Å². The maximum atomic E-state index is 11.5. The number of rotatable bonds is 11. The molecule has 0 radical (unpaired) electrons. The van der Waals surface area contributed by atoms with E-state index >= 15 is 0 Å². The standard InChI is InChI=1S/C18H34O2/c1-3-5-6-7-8-9-10-13-18(14-11-12-15-18)16(4-2)17(19)20/h16H,3-15H2,1-2H3,(H,19,20). The van der Waals surface area contributed by atoms with E-state index in [0.29, 0.717) is 0 Å². The van der Waals surface area contributed by atoms with Crippen molar-refractivity contribution in [1.82, 2.24) is 0 Å². The highest BCUT2D eigenvalue weighted by Gasteiger charge is 2.43. The lowest BCUT2D eigenvalue weighted by Crippen LogP contribution is -2.33. The Labute approximate surface area is 125 Å². The summed E-state index contributed by atoms with van der Waals surface area (Å²) in [5.41, 5.74) is 0.129. The monoisotopic (exact) mass is 282 g/mol. The van der Waals surface area contributed by atoms with Gasteiger partial charge < -0.3 is 5.11 Å². The van der Waals surface area contributed by atoms with Gasteiger partial charge >= 0.3 is 5.97 Å². The van der Waals surface area contributed by atoms with Crippen molar-refractivity contribution in [2.75, 3.05) is 0 Å². The van der Waals surface area contributed by atoms with E-state index < -0.39 is 5.97 Å². The molecule has 1 N–H and O–H groups in total. The average molecular weight is 282 g/mol. The van der Waals surface area contributed by atoms with Gasteiger partial charge in [-0.25, -0.2) is 0 Å². The highest BCUT2D eigenvalue weighted by molar-refractivity contribution is 5.71. The summed E-state index contributed by atoms with van der Waals surface area (Å²) >= 11 is 0. The quantitative estimate of drug-likeness (QED) is 0.486. The third kappa shape index (κ3) is 5.10. The summed E-state index contributed by atoms with van der Waals surface area (Å²) in [6.45, 7) is 4.30. The van der Waals surface area contributed by atoms with Crippen LogP contribution in [0.25, 0.3) is 0 Å². The van der Waals surface area contributed by atoms with Crippen LogP contribution < -0.4 is 0 Å². The Bertz CT molecular complexity index is 267. The predicted molar refractivity (Wildman–Crippen MR) is 84.9 cm³/mol. The van der Waals surface area contributed by atoms with Crippen LogP contribution in [0.4, 0.5) is 0 Å². The fourth-order valence-corrected chi connectivity index (χ4v) is 4.16. The maximum Gasteiger partial charge on any atom is 0.307 e. The zero-order valence-corrected chi connectivity index (χ0v) is 13.6. The van der Waals surface area contributed by atoms with Gasteiger partial charge in [0.05, 0.1) is 5.92 Å². The molecule has 0 heterocycles. The number of hydrogen-bond donors (Lipinski definition) is 1. The second kappa shape index (κ2) is 9.41. The minimum Gasteiger partial charge on any atom is -0.481 e. The normalized spacial score (nSPS) is 19.1. The van der Waals surface area contributed by atoms with E-state index in [9.17, 15) is 9.90 Å². The third-order valence-electron chi connectivity index (χ3n) is 5.32. The molecular weight excluding hydrogens is 248 g/mol. The van der Waals surface area contributed by atoms with Crippen LogP contribution in [0.3, 0.4) is 0 Å². The zero-order valence-electron chi connectivity index (χ0n) is 13.6. The maximum absolute atomic E-state index is 11.5. The molecule has 118 valence electrons. The second-order valence-corrected chi connectivity index (χ2v) is 6.74. The van der Waals surface area contributed by atoms with Crippen molar-refractivity contribution in [3.63, 3.8) is 0 Å². The number of unbranched alkanes of at least 4 members (excludes halogenated alkanes) is 6. The van der Waals surface area contributed by atoms with E-state index in [-0.39, 0.29) is 11.3 Å². The van der Waals surface area contributed by atoms with Gasteiger partial charge in [0.2, 0.25) is 0 Å². The lowest BCUT2D eigenvalue weighted by molar-refractivity contribution is -0.147. The SMILES string of the molecule is CCCCCCCCCC1(C(CC)C(=O)O)CCCC1. The topological polar surface area (TPSA) is 37.3 Å². The summed E-state index contributed by atoms with van der Waals surface area (Å²) in [6, 6.07) is 0. The Morgan fingerprint density at radius 2 is 1.55 bits per heavy atom. The molecule has 1 aliphatic carbocycles. The van der Waals surface area contributed by atoms with Crippen molar-refractivity contribution in [1.29, 1.82) is 0 Å². The number of carboxylic acids is 1. The molecule has 0 aromatic rings. The summed E-state index contributed by atoms with van der Waals surface area (Å²) < 4.78 is 0. The molecule has 1 rings (SSSR count). The fraction of sp³-hybridized carbons (Fsp3) is 0.944. The van der Waals surface area contributed by atoms with E-state index in [1.807, 2.05) is 6.92 Å². The van der Waals surface area contributed by atoms with E-state index in [2.05, 4.69) is 6.92 Å². The first-order valence-corrected chi connectivity index (χ1v) is 8.89. The number of carboxylic acid groups (broad SMARTS) is 1. The van der Waals surface area contributed by atoms with E-state index in [1.54, 1.807) is 0 Å². The molecule has 1 atom stereocenters. The summed E-state index contributed by atoms with van der Waals surface area (Å²) in [5.74, 6) is -0.664. The summed E-state index contributed by atoms with van der Waals surface area (Å²) in [5, 5.41) is 9.50. The van der Waals surface area contributed by atoms with Crippen molar-refractivity contribution in [2.45, 2.75) is 97.3 Å². The van der Waals surface area contributed by atoms with Gasteiger partial charge in [0.15, 0.2) is 0 Å². The predicted octanol–water partition coefficient (Wildman–Crippen LogP) is 5.80. The van der Waals surface area contributed by atoms with E-state index in [0.717, 1.165) is 25.7 Å². The molecule has 0 aliphatic heterocycles. The Balaban J connectivity index is 2.34. The Kier molecular flexibility index (Phi) is 8.25. The van der Waals surface area contributed by atoms with Gasteiger partial charge in [0.25, 0.3) is 0 Å². The van der Waals surface area contributed by atoms with Gasteiger partial charge in [0, 0.05) is 0 Å². The Hall–Kier alpha value is -0.530. The molecule has 0 spiro atoms. The Morgan fingerprint density at radius 1 is 1.00 bits per heavy atom. The van der Waals surface area contributed by atoms with Gasteiger partial charge in [-0.15, -0.1) is 0 Å². The lowest BCUT2D eigenvalue weighted by Gasteiger charge is -2.35. The van der Waals surface area contributed by atoms with Crippen LogP contribution in [0, 0.1) is 11.3 Å². The van der Waals surface area contributed by atoms with Crippen LogP contribution in [-0.2, 0) is 4.79 Å². The fourth-order valence-electron chi connectivity index (χ4n) is 4.16. The third-order valence-corrected chi connectivity index (χ3v) is 5.32. The highest BCUT2D eigenvalue weighted by atomic mass is 16.4. The van der Waals surface area contributed by atoms with Crippen LogP contribution in [0.15, 0.2) is 0 Å². The molecule has 0 aromatic heterocycles. The molecule has 1 aliphatic rings.